The van der Waals surface area contributed by atoms with Crippen LogP contribution in [0, 0.1) is 5.92 Å². The third kappa shape index (κ3) is 4.06. The van der Waals surface area contributed by atoms with E-state index in [2.05, 4.69) is 45.5 Å². The number of aryl methyl sites for hydroxylation is 1. The lowest BCUT2D eigenvalue weighted by Gasteiger charge is -2.34. The van der Waals surface area contributed by atoms with Crippen LogP contribution < -0.4 is 10.2 Å². The van der Waals surface area contributed by atoms with Crippen LogP contribution in [0.25, 0.3) is 0 Å². The minimum Gasteiger partial charge on any atom is -0.396 e. The first-order valence-electron chi connectivity index (χ1n) is 8.80. The molecule has 1 fully saturated rings. The Kier molecular flexibility index (Phi) is 5.69. The Bertz CT molecular complexity index is 635. The summed E-state index contributed by atoms with van der Waals surface area (Å²) in [5.74, 6) is 1.83. The monoisotopic (exact) mass is 330 g/mol. The Hall–Kier alpha value is -2.08. The second-order valence-electron chi connectivity index (χ2n) is 6.34. The fourth-order valence-corrected chi connectivity index (χ4v) is 3.11. The fourth-order valence-electron chi connectivity index (χ4n) is 3.11. The minimum atomic E-state index is 0.297. The molecule has 0 atom stereocenters. The normalized spacial score (nSPS) is 15.7. The highest BCUT2D eigenvalue weighted by molar-refractivity contribution is 5.70. The Labute approximate surface area is 142 Å². The van der Waals surface area contributed by atoms with E-state index in [0.717, 1.165) is 50.3 Å². The van der Waals surface area contributed by atoms with E-state index < -0.39 is 0 Å². The summed E-state index contributed by atoms with van der Waals surface area (Å²) in [5.41, 5.74) is 2.28. The van der Waals surface area contributed by atoms with E-state index >= 15 is 0 Å². The Balaban J connectivity index is 1.63. The van der Waals surface area contributed by atoms with Gasteiger partial charge in [0.15, 0.2) is 5.82 Å². The summed E-state index contributed by atoms with van der Waals surface area (Å²) in [6.07, 6.45) is 3.93. The van der Waals surface area contributed by atoms with E-state index in [1.807, 2.05) is 6.07 Å². The molecule has 24 heavy (non-hydrogen) atoms. The molecular weight excluding hydrogens is 304 g/mol. The largest absolute Gasteiger partial charge is 0.396 e. The van der Waals surface area contributed by atoms with Crippen LogP contribution in [-0.2, 0) is 13.0 Å². The zero-order valence-electron chi connectivity index (χ0n) is 14.2. The van der Waals surface area contributed by atoms with E-state index in [1.165, 1.54) is 5.69 Å². The van der Waals surface area contributed by atoms with Gasteiger partial charge < -0.3 is 19.8 Å². The maximum atomic E-state index is 9.30. The van der Waals surface area contributed by atoms with E-state index in [4.69, 9.17) is 4.52 Å². The van der Waals surface area contributed by atoms with Gasteiger partial charge in [-0.25, -0.2) is 0 Å². The van der Waals surface area contributed by atoms with Gasteiger partial charge in [0.2, 0.25) is 5.89 Å². The van der Waals surface area contributed by atoms with Crippen LogP contribution in [0.3, 0.4) is 0 Å². The number of hydrogen-bond acceptors (Lipinski definition) is 6. The fraction of sp³-hybridized carbons (Fsp3) is 0.556. The number of aliphatic hydroxyl groups excluding tert-OH is 1. The molecule has 2 N–H and O–H groups in total. The first-order chi connectivity index (χ1) is 11.8. The number of rotatable bonds is 7. The second kappa shape index (κ2) is 8.15. The molecule has 0 aliphatic carbocycles. The smallest absolute Gasteiger partial charge is 0.245 e. The van der Waals surface area contributed by atoms with Gasteiger partial charge in [0.25, 0.3) is 0 Å². The van der Waals surface area contributed by atoms with Gasteiger partial charge in [-0.15, -0.1) is 0 Å². The molecule has 6 nitrogen and oxygen atoms in total. The van der Waals surface area contributed by atoms with Crippen molar-refractivity contribution in [1.82, 2.24) is 10.1 Å². The first kappa shape index (κ1) is 16.8. The zero-order valence-corrected chi connectivity index (χ0v) is 14.2. The van der Waals surface area contributed by atoms with Crippen molar-refractivity contribution in [2.45, 2.75) is 39.2 Å². The lowest BCUT2D eigenvalue weighted by molar-refractivity contribution is 0.203. The van der Waals surface area contributed by atoms with Crippen molar-refractivity contribution in [3.63, 3.8) is 0 Å². The number of aliphatic hydroxyl groups is 1. The quantitative estimate of drug-likeness (QED) is 0.813. The summed E-state index contributed by atoms with van der Waals surface area (Å²) in [7, 11) is 0. The number of nitrogens with zero attached hydrogens (tertiary/aromatic N) is 3. The topological polar surface area (TPSA) is 74.4 Å². The van der Waals surface area contributed by atoms with Gasteiger partial charge in [-0.2, -0.15) is 4.98 Å². The summed E-state index contributed by atoms with van der Waals surface area (Å²) in [5, 5.41) is 16.7. The molecule has 2 heterocycles. The van der Waals surface area contributed by atoms with Gasteiger partial charge in [-0.1, -0.05) is 24.2 Å². The highest BCUT2D eigenvalue weighted by Crippen LogP contribution is 2.29. The molecule has 130 valence electrons. The molecule has 3 rings (SSSR count). The number of aromatic nitrogens is 2. The Morgan fingerprint density at radius 3 is 2.83 bits per heavy atom. The zero-order chi connectivity index (χ0) is 16.8. The molecule has 1 saturated heterocycles. The van der Waals surface area contributed by atoms with Gasteiger partial charge in [0, 0.05) is 26.1 Å². The van der Waals surface area contributed by atoms with E-state index in [1.54, 1.807) is 0 Å². The molecule has 1 aliphatic rings. The molecule has 2 aromatic rings. The third-order valence-electron chi connectivity index (χ3n) is 4.53. The molecule has 0 saturated carbocycles. The van der Waals surface area contributed by atoms with Gasteiger partial charge in [-0.05, 0) is 37.3 Å². The maximum Gasteiger partial charge on any atom is 0.245 e. The van der Waals surface area contributed by atoms with Gasteiger partial charge >= 0.3 is 0 Å². The van der Waals surface area contributed by atoms with E-state index in [-0.39, 0.29) is 0 Å². The summed E-state index contributed by atoms with van der Waals surface area (Å²) < 4.78 is 5.29. The van der Waals surface area contributed by atoms with Crippen molar-refractivity contribution < 1.29 is 9.63 Å². The average molecular weight is 330 g/mol. The summed E-state index contributed by atoms with van der Waals surface area (Å²) in [6.45, 7) is 4.88. The molecule has 1 aromatic carbocycles. The number of para-hydroxylation sites is 2. The maximum absolute atomic E-state index is 9.30. The molecule has 0 unspecified atom stereocenters. The molecule has 0 spiro atoms. The van der Waals surface area contributed by atoms with Crippen LogP contribution in [0.2, 0.25) is 0 Å². The summed E-state index contributed by atoms with van der Waals surface area (Å²) >= 11 is 0. The molecule has 0 radical (unpaired) electrons. The predicted octanol–water partition coefficient (Wildman–Crippen LogP) is 2.84. The van der Waals surface area contributed by atoms with E-state index in [9.17, 15) is 5.11 Å². The molecular formula is C18H26N4O2. The predicted molar refractivity (Wildman–Crippen MR) is 94.1 cm³/mol. The van der Waals surface area contributed by atoms with Crippen LogP contribution in [-0.4, -0.2) is 34.9 Å². The van der Waals surface area contributed by atoms with Crippen LogP contribution in [0.5, 0.6) is 0 Å². The number of hydrogen-bond donors (Lipinski definition) is 2. The Morgan fingerprint density at radius 1 is 1.29 bits per heavy atom. The Morgan fingerprint density at radius 2 is 2.08 bits per heavy atom. The number of piperidine rings is 1. The van der Waals surface area contributed by atoms with Crippen LogP contribution in [0.4, 0.5) is 11.4 Å². The number of nitrogens with one attached hydrogen (secondary N) is 1. The summed E-state index contributed by atoms with van der Waals surface area (Å²) in [4.78, 5) is 6.78. The molecule has 0 amide bonds. The van der Waals surface area contributed by atoms with Crippen molar-refractivity contribution in [2.24, 2.45) is 5.92 Å². The minimum absolute atomic E-state index is 0.297. The second-order valence-corrected chi connectivity index (χ2v) is 6.34. The molecule has 6 heteroatoms. The standard InChI is InChI=1S/C18H26N4O2/c1-2-5-17-20-18(24-21-17)12-19-15-6-3-4-7-16(15)22-10-8-14(13-23)9-11-22/h3-4,6-7,14,19,23H,2,5,8-13H2,1H3. The van der Waals surface area contributed by atoms with E-state index in [0.29, 0.717) is 25.0 Å². The molecule has 1 aromatic heterocycles. The third-order valence-corrected chi connectivity index (χ3v) is 4.53. The van der Waals surface area contributed by atoms with Crippen molar-refractivity contribution >= 4 is 11.4 Å². The number of anilines is 2. The number of benzene rings is 1. The molecule has 0 bridgehead atoms. The molecule has 1 aliphatic heterocycles. The van der Waals surface area contributed by atoms with Crippen molar-refractivity contribution in [1.29, 1.82) is 0 Å². The lowest BCUT2D eigenvalue weighted by atomic mass is 9.97. The average Bonchev–Trinajstić information content (AvgIpc) is 3.08. The van der Waals surface area contributed by atoms with Crippen molar-refractivity contribution in [3.8, 4) is 0 Å². The van der Waals surface area contributed by atoms with Crippen LogP contribution in [0.15, 0.2) is 28.8 Å². The first-order valence-corrected chi connectivity index (χ1v) is 8.80. The highest BCUT2D eigenvalue weighted by atomic mass is 16.5. The highest BCUT2D eigenvalue weighted by Gasteiger charge is 2.20. The SMILES string of the molecule is CCCc1noc(CNc2ccccc2N2CCC(CO)CC2)n1. The van der Waals surface area contributed by atoms with Crippen LogP contribution >= 0.6 is 0 Å². The van der Waals surface area contributed by atoms with Crippen molar-refractivity contribution in [2.75, 3.05) is 29.9 Å². The lowest BCUT2D eigenvalue weighted by Crippen LogP contribution is -2.35. The van der Waals surface area contributed by atoms with Crippen LogP contribution in [0.1, 0.15) is 37.9 Å². The van der Waals surface area contributed by atoms with Gasteiger partial charge in [-0.3, -0.25) is 0 Å². The van der Waals surface area contributed by atoms with Gasteiger partial charge in [0.1, 0.15) is 0 Å². The van der Waals surface area contributed by atoms with Crippen molar-refractivity contribution in [3.05, 3.63) is 36.0 Å². The summed E-state index contributed by atoms with van der Waals surface area (Å²) in [6, 6.07) is 8.31. The van der Waals surface area contributed by atoms with Gasteiger partial charge in [0.05, 0.1) is 17.9 Å².